The normalized spacial score (nSPS) is 13.9. The van der Waals surface area contributed by atoms with Crippen LogP contribution in [-0.4, -0.2) is 4.98 Å². The Morgan fingerprint density at radius 3 is 3.27 bits per heavy atom. The third-order valence-electron chi connectivity index (χ3n) is 1.39. The van der Waals surface area contributed by atoms with Crippen LogP contribution in [0, 0.1) is 6.92 Å². The summed E-state index contributed by atoms with van der Waals surface area (Å²) in [5.74, 6) is 0.850. The fourth-order valence-corrected chi connectivity index (χ4v) is 1.56. The topological polar surface area (TPSA) is 22.1 Å². The summed E-state index contributed by atoms with van der Waals surface area (Å²) in [7, 11) is 0. The molecule has 56 valence electrons. The lowest BCUT2D eigenvalue weighted by atomic mass is 10.4. The smallest absolute Gasteiger partial charge is 0.159 e. The van der Waals surface area contributed by atoms with E-state index in [1.165, 1.54) is 0 Å². The van der Waals surface area contributed by atoms with Crippen molar-refractivity contribution in [3.05, 3.63) is 29.5 Å². The van der Waals surface area contributed by atoms with Gasteiger partial charge in [-0.1, -0.05) is 11.8 Å². The molecule has 2 heterocycles. The first-order chi connectivity index (χ1) is 5.36. The Labute approximate surface area is 69.3 Å². The molecule has 11 heavy (non-hydrogen) atoms. The van der Waals surface area contributed by atoms with E-state index in [-0.39, 0.29) is 0 Å². The van der Waals surface area contributed by atoms with E-state index in [2.05, 4.69) is 4.98 Å². The van der Waals surface area contributed by atoms with Gasteiger partial charge < -0.3 is 4.74 Å². The molecule has 1 aliphatic heterocycles. The number of nitrogens with zero attached hydrogens (tertiary/aromatic N) is 1. The number of rotatable bonds is 0. The number of pyridine rings is 1. The van der Waals surface area contributed by atoms with Crippen LogP contribution in [0.25, 0.3) is 0 Å². The molecule has 0 spiro atoms. The van der Waals surface area contributed by atoms with E-state index >= 15 is 0 Å². The third-order valence-corrected chi connectivity index (χ3v) is 2.16. The fourth-order valence-electron chi connectivity index (χ4n) is 0.888. The van der Waals surface area contributed by atoms with Gasteiger partial charge >= 0.3 is 0 Å². The lowest BCUT2D eigenvalue weighted by Gasteiger charge is -2.09. The van der Waals surface area contributed by atoms with Gasteiger partial charge in [-0.2, -0.15) is 0 Å². The Balaban J connectivity index is 2.48. The molecule has 0 aromatic carbocycles. The van der Waals surface area contributed by atoms with Gasteiger partial charge in [0, 0.05) is 11.1 Å². The lowest BCUT2D eigenvalue weighted by molar-refractivity contribution is 0.462. The Bertz CT molecular complexity index is 309. The Kier molecular flexibility index (Phi) is 1.58. The highest BCUT2D eigenvalue weighted by molar-refractivity contribution is 8.02. The SMILES string of the molecule is Cc1ccc2c(n1)SC=CO2. The maximum absolute atomic E-state index is 5.21. The highest BCUT2D eigenvalue weighted by Crippen LogP contribution is 2.31. The van der Waals surface area contributed by atoms with E-state index in [1.54, 1.807) is 18.0 Å². The van der Waals surface area contributed by atoms with Gasteiger partial charge in [0.05, 0.1) is 6.26 Å². The molecule has 0 bridgehead atoms. The summed E-state index contributed by atoms with van der Waals surface area (Å²) in [5, 5.41) is 2.84. The molecule has 2 rings (SSSR count). The van der Waals surface area contributed by atoms with Gasteiger partial charge in [0.15, 0.2) is 5.75 Å². The summed E-state index contributed by atoms with van der Waals surface area (Å²) >= 11 is 1.59. The number of aromatic nitrogens is 1. The van der Waals surface area contributed by atoms with Gasteiger partial charge in [0.2, 0.25) is 0 Å². The zero-order valence-electron chi connectivity index (χ0n) is 6.07. The van der Waals surface area contributed by atoms with Gasteiger partial charge in [-0.05, 0) is 19.1 Å². The van der Waals surface area contributed by atoms with Crippen LogP contribution < -0.4 is 4.74 Å². The van der Waals surface area contributed by atoms with Crippen molar-refractivity contribution < 1.29 is 4.74 Å². The first kappa shape index (κ1) is 6.73. The van der Waals surface area contributed by atoms with E-state index in [4.69, 9.17) is 4.74 Å². The summed E-state index contributed by atoms with van der Waals surface area (Å²) in [6, 6.07) is 3.88. The molecule has 0 unspecified atom stereocenters. The van der Waals surface area contributed by atoms with Crippen LogP contribution in [0.4, 0.5) is 0 Å². The van der Waals surface area contributed by atoms with Crippen LogP contribution >= 0.6 is 11.8 Å². The summed E-state index contributed by atoms with van der Waals surface area (Å²) in [6.45, 7) is 1.97. The zero-order valence-corrected chi connectivity index (χ0v) is 6.89. The van der Waals surface area contributed by atoms with E-state index in [0.29, 0.717) is 0 Å². The molecule has 0 radical (unpaired) electrons. The van der Waals surface area contributed by atoms with E-state index in [0.717, 1.165) is 16.5 Å². The van der Waals surface area contributed by atoms with Crippen LogP contribution in [0.15, 0.2) is 28.8 Å². The zero-order chi connectivity index (χ0) is 7.68. The lowest BCUT2D eigenvalue weighted by Crippen LogP contribution is -1.93. The molecule has 0 amide bonds. The maximum atomic E-state index is 5.21. The molecule has 0 fully saturated rings. The second-order valence-electron chi connectivity index (χ2n) is 2.26. The molecule has 0 N–H and O–H groups in total. The van der Waals surface area contributed by atoms with Gasteiger partial charge in [-0.25, -0.2) is 4.98 Å². The van der Waals surface area contributed by atoms with Gasteiger partial charge in [-0.3, -0.25) is 0 Å². The predicted octanol–water partition coefficient (Wildman–Crippen LogP) is 2.35. The van der Waals surface area contributed by atoms with Crippen molar-refractivity contribution in [2.45, 2.75) is 11.9 Å². The van der Waals surface area contributed by atoms with Gasteiger partial charge in [0.25, 0.3) is 0 Å². The van der Waals surface area contributed by atoms with Crippen molar-refractivity contribution in [1.29, 1.82) is 0 Å². The van der Waals surface area contributed by atoms with Crippen molar-refractivity contribution in [3.63, 3.8) is 0 Å². The Morgan fingerprint density at radius 2 is 2.36 bits per heavy atom. The standard InChI is InChI=1S/C8H7NOS/c1-6-2-3-7-8(9-6)11-5-4-10-7/h2-5H,1H3. The molecule has 2 nitrogen and oxygen atoms in total. The molecular formula is C8H7NOS. The van der Waals surface area contributed by atoms with Crippen LogP contribution in [0.1, 0.15) is 5.69 Å². The average molecular weight is 165 g/mol. The molecule has 3 heteroatoms. The van der Waals surface area contributed by atoms with Crippen molar-refractivity contribution in [2.75, 3.05) is 0 Å². The average Bonchev–Trinajstić information content (AvgIpc) is 2.04. The second kappa shape index (κ2) is 2.58. The maximum Gasteiger partial charge on any atom is 0.159 e. The minimum Gasteiger partial charge on any atom is -0.462 e. The molecule has 0 aliphatic carbocycles. The van der Waals surface area contributed by atoms with E-state index in [1.807, 2.05) is 24.5 Å². The summed E-state index contributed by atoms with van der Waals surface area (Å²) in [6.07, 6.45) is 1.67. The third kappa shape index (κ3) is 1.24. The quantitative estimate of drug-likeness (QED) is 0.589. The van der Waals surface area contributed by atoms with Crippen molar-refractivity contribution >= 4 is 11.8 Å². The number of hydrogen-bond acceptors (Lipinski definition) is 3. The molecule has 0 saturated heterocycles. The molecule has 0 atom stereocenters. The van der Waals surface area contributed by atoms with Crippen LogP contribution in [0.5, 0.6) is 5.75 Å². The first-order valence-electron chi connectivity index (χ1n) is 3.32. The molecule has 0 saturated carbocycles. The number of aryl methyl sites for hydroxylation is 1. The predicted molar refractivity (Wildman–Crippen MR) is 44.6 cm³/mol. The first-order valence-corrected chi connectivity index (χ1v) is 4.20. The van der Waals surface area contributed by atoms with Crippen LogP contribution in [-0.2, 0) is 0 Å². The summed E-state index contributed by atoms with van der Waals surface area (Å²) < 4.78 is 5.21. The Hall–Kier alpha value is -0.960. The van der Waals surface area contributed by atoms with Gasteiger partial charge in [0.1, 0.15) is 5.03 Å². The number of ether oxygens (including phenoxy) is 1. The second-order valence-corrected chi connectivity index (χ2v) is 3.16. The van der Waals surface area contributed by atoms with E-state index in [9.17, 15) is 0 Å². The number of fused-ring (bicyclic) bond motifs is 1. The minimum atomic E-state index is 0.850. The van der Waals surface area contributed by atoms with E-state index < -0.39 is 0 Å². The minimum absolute atomic E-state index is 0.850. The van der Waals surface area contributed by atoms with Crippen molar-refractivity contribution in [2.24, 2.45) is 0 Å². The monoisotopic (exact) mass is 165 g/mol. The highest BCUT2D eigenvalue weighted by atomic mass is 32.2. The highest BCUT2D eigenvalue weighted by Gasteiger charge is 2.07. The van der Waals surface area contributed by atoms with Crippen LogP contribution in [0.2, 0.25) is 0 Å². The molecule has 1 aromatic rings. The van der Waals surface area contributed by atoms with Crippen molar-refractivity contribution in [1.82, 2.24) is 4.98 Å². The molecular weight excluding hydrogens is 158 g/mol. The van der Waals surface area contributed by atoms with Crippen molar-refractivity contribution in [3.8, 4) is 5.75 Å². The fraction of sp³-hybridized carbons (Fsp3) is 0.125. The number of thioether (sulfide) groups is 1. The number of hydrogen-bond donors (Lipinski definition) is 0. The molecule has 1 aromatic heterocycles. The van der Waals surface area contributed by atoms with Crippen LogP contribution in [0.3, 0.4) is 0 Å². The summed E-state index contributed by atoms with van der Waals surface area (Å²) in [5.41, 5.74) is 1.02. The largest absolute Gasteiger partial charge is 0.462 e. The molecule has 1 aliphatic rings. The summed E-state index contributed by atoms with van der Waals surface area (Å²) in [4.78, 5) is 4.30. The van der Waals surface area contributed by atoms with Gasteiger partial charge in [-0.15, -0.1) is 0 Å². The Morgan fingerprint density at radius 1 is 1.45 bits per heavy atom.